The van der Waals surface area contributed by atoms with Gasteiger partial charge in [0.1, 0.15) is 5.69 Å². The van der Waals surface area contributed by atoms with Gasteiger partial charge in [-0.25, -0.2) is 0 Å². The van der Waals surface area contributed by atoms with Crippen LogP contribution in [0.3, 0.4) is 0 Å². The highest BCUT2D eigenvalue weighted by Gasteiger charge is 2.35. The summed E-state index contributed by atoms with van der Waals surface area (Å²) in [5.41, 5.74) is -0.407. The summed E-state index contributed by atoms with van der Waals surface area (Å²) < 4.78 is 37.7. The maximum atomic E-state index is 12.6. The Morgan fingerprint density at radius 1 is 1.44 bits per heavy atom. The molecule has 1 unspecified atom stereocenters. The van der Waals surface area contributed by atoms with Crippen LogP contribution in [0.1, 0.15) is 24.1 Å². The number of alkyl halides is 3. The third kappa shape index (κ3) is 2.03. The number of nitrogens with one attached hydrogen (secondary N) is 1. The predicted octanol–water partition coefficient (Wildman–Crippen LogP) is 2.77. The van der Waals surface area contributed by atoms with E-state index in [1.54, 1.807) is 0 Å². The molecule has 2 aromatic rings. The van der Waals surface area contributed by atoms with E-state index in [0.29, 0.717) is 5.56 Å². The van der Waals surface area contributed by atoms with E-state index in [1.165, 1.54) is 25.1 Å². The average molecular weight is 258 g/mol. The van der Waals surface area contributed by atoms with E-state index in [1.807, 2.05) is 5.10 Å². The molecule has 0 fully saturated rings. The SMILES string of the molecule is CC(C(=O)O)c1ccc2c(C(F)(F)F)[nH]nc2c1. The van der Waals surface area contributed by atoms with Gasteiger partial charge >= 0.3 is 12.1 Å². The first-order valence-electron chi connectivity index (χ1n) is 5.08. The molecule has 0 spiro atoms. The largest absolute Gasteiger partial charge is 0.481 e. The Morgan fingerprint density at radius 3 is 2.67 bits per heavy atom. The first-order chi connectivity index (χ1) is 8.30. The molecule has 1 aromatic heterocycles. The van der Waals surface area contributed by atoms with Gasteiger partial charge in [-0.05, 0) is 18.6 Å². The second-order valence-electron chi connectivity index (χ2n) is 3.93. The van der Waals surface area contributed by atoms with Crippen LogP contribution in [0.2, 0.25) is 0 Å². The van der Waals surface area contributed by atoms with E-state index in [9.17, 15) is 18.0 Å². The van der Waals surface area contributed by atoms with Gasteiger partial charge < -0.3 is 5.11 Å². The molecular weight excluding hydrogens is 249 g/mol. The number of carboxylic acids is 1. The van der Waals surface area contributed by atoms with Gasteiger partial charge in [-0.3, -0.25) is 9.89 Å². The molecule has 96 valence electrons. The Morgan fingerprint density at radius 2 is 2.11 bits per heavy atom. The van der Waals surface area contributed by atoms with Crippen molar-refractivity contribution in [3.8, 4) is 0 Å². The van der Waals surface area contributed by atoms with Crippen LogP contribution in [0.25, 0.3) is 10.9 Å². The number of hydrogen-bond donors (Lipinski definition) is 2. The van der Waals surface area contributed by atoms with E-state index >= 15 is 0 Å². The van der Waals surface area contributed by atoms with Crippen LogP contribution in [0.5, 0.6) is 0 Å². The van der Waals surface area contributed by atoms with Crippen molar-refractivity contribution >= 4 is 16.9 Å². The molecule has 18 heavy (non-hydrogen) atoms. The molecule has 0 bridgehead atoms. The Labute approximate surface area is 99.4 Å². The molecule has 0 aliphatic heterocycles. The molecule has 0 aliphatic carbocycles. The van der Waals surface area contributed by atoms with Crippen LogP contribution in [0.4, 0.5) is 13.2 Å². The van der Waals surface area contributed by atoms with Crippen LogP contribution in [-0.4, -0.2) is 21.3 Å². The highest BCUT2D eigenvalue weighted by atomic mass is 19.4. The molecular formula is C11H9F3N2O2. The standard InChI is InChI=1S/C11H9F3N2O2/c1-5(10(17)18)6-2-3-7-8(4-6)15-16-9(7)11(12,13)14/h2-5H,1H3,(H,15,16)(H,17,18). The van der Waals surface area contributed by atoms with Gasteiger partial charge in [-0.2, -0.15) is 18.3 Å². The van der Waals surface area contributed by atoms with Crippen molar-refractivity contribution in [2.24, 2.45) is 0 Å². The third-order valence-corrected chi connectivity index (χ3v) is 2.73. The molecule has 1 aromatic carbocycles. The molecule has 4 nitrogen and oxygen atoms in total. The predicted molar refractivity (Wildman–Crippen MR) is 57.1 cm³/mol. The normalized spacial score (nSPS) is 13.8. The van der Waals surface area contributed by atoms with Gasteiger partial charge in [-0.1, -0.05) is 12.1 Å². The zero-order valence-corrected chi connectivity index (χ0v) is 9.25. The smallest absolute Gasteiger partial charge is 0.433 e. The van der Waals surface area contributed by atoms with Gasteiger partial charge in [0.05, 0.1) is 11.4 Å². The van der Waals surface area contributed by atoms with E-state index in [2.05, 4.69) is 5.10 Å². The zero-order chi connectivity index (χ0) is 13.5. The zero-order valence-electron chi connectivity index (χ0n) is 9.25. The maximum absolute atomic E-state index is 12.6. The molecule has 2 N–H and O–H groups in total. The molecule has 0 amide bonds. The summed E-state index contributed by atoms with van der Waals surface area (Å²) in [6.45, 7) is 1.46. The first-order valence-corrected chi connectivity index (χ1v) is 5.08. The Balaban J connectivity index is 2.53. The van der Waals surface area contributed by atoms with Gasteiger partial charge in [0.15, 0.2) is 0 Å². The van der Waals surface area contributed by atoms with Crippen molar-refractivity contribution in [1.29, 1.82) is 0 Å². The van der Waals surface area contributed by atoms with Crippen LogP contribution < -0.4 is 0 Å². The summed E-state index contributed by atoms with van der Waals surface area (Å²) in [6.07, 6.45) is -4.51. The highest BCUT2D eigenvalue weighted by molar-refractivity contribution is 5.84. The van der Waals surface area contributed by atoms with Crippen molar-refractivity contribution in [3.05, 3.63) is 29.5 Å². The number of aliphatic carboxylic acids is 1. The second-order valence-corrected chi connectivity index (χ2v) is 3.93. The summed E-state index contributed by atoms with van der Waals surface area (Å²) in [4.78, 5) is 10.8. The maximum Gasteiger partial charge on any atom is 0.433 e. The van der Waals surface area contributed by atoms with Crippen LogP contribution in [0.15, 0.2) is 18.2 Å². The third-order valence-electron chi connectivity index (χ3n) is 2.73. The minimum atomic E-state index is -4.51. The fourth-order valence-electron chi connectivity index (χ4n) is 1.66. The first kappa shape index (κ1) is 12.4. The number of carbonyl (C=O) groups is 1. The quantitative estimate of drug-likeness (QED) is 0.870. The monoisotopic (exact) mass is 258 g/mol. The number of rotatable bonds is 2. The summed E-state index contributed by atoms with van der Waals surface area (Å²) in [5.74, 6) is -1.83. The molecule has 0 radical (unpaired) electrons. The lowest BCUT2D eigenvalue weighted by Crippen LogP contribution is -2.07. The molecule has 1 heterocycles. The molecule has 7 heteroatoms. The summed E-state index contributed by atoms with van der Waals surface area (Å²) >= 11 is 0. The summed E-state index contributed by atoms with van der Waals surface area (Å²) in [7, 11) is 0. The fourth-order valence-corrected chi connectivity index (χ4v) is 1.66. The number of H-pyrrole nitrogens is 1. The number of aromatic nitrogens is 2. The number of halogens is 3. The van der Waals surface area contributed by atoms with Crippen LogP contribution in [0, 0.1) is 0 Å². The highest BCUT2D eigenvalue weighted by Crippen LogP contribution is 2.33. The Bertz CT molecular complexity index is 604. The van der Waals surface area contributed by atoms with Crippen molar-refractivity contribution in [2.75, 3.05) is 0 Å². The van der Waals surface area contributed by atoms with Crippen molar-refractivity contribution in [2.45, 2.75) is 19.0 Å². The Kier molecular flexibility index (Phi) is 2.76. The Hall–Kier alpha value is -2.05. The molecule has 0 saturated carbocycles. The lowest BCUT2D eigenvalue weighted by atomic mass is 10.00. The summed E-state index contributed by atoms with van der Waals surface area (Å²) in [5, 5.41) is 14.2. The number of hydrogen-bond acceptors (Lipinski definition) is 2. The summed E-state index contributed by atoms with van der Waals surface area (Å²) in [6, 6.07) is 3.95. The lowest BCUT2D eigenvalue weighted by Gasteiger charge is -2.07. The van der Waals surface area contributed by atoms with Crippen LogP contribution in [-0.2, 0) is 11.0 Å². The van der Waals surface area contributed by atoms with E-state index < -0.39 is 23.8 Å². The van der Waals surface area contributed by atoms with E-state index in [-0.39, 0.29) is 10.9 Å². The number of carboxylic acid groups (broad SMARTS) is 1. The van der Waals surface area contributed by atoms with Gasteiger partial charge in [0, 0.05) is 5.39 Å². The molecule has 0 saturated heterocycles. The molecule has 0 aliphatic rings. The van der Waals surface area contributed by atoms with Crippen molar-refractivity contribution in [3.63, 3.8) is 0 Å². The molecule has 2 rings (SSSR count). The topological polar surface area (TPSA) is 66.0 Å². The van der Waals surface area contributed by atoms with E-state index in [0.717, 1.165) is 0 Å². The lowest BCUT2D eigenvalue weighted by molar-refractivity contribution is -0.140. The van der Waals surface area contributed by atoms with Crippen LogP contribution >= 0.6 is 0 Å². The van der Waals surface area contributed by atoms with E-state index in [4.69, 9.17) is 5.11 Å². The fraction of sp³-hybridized carbons (Fsp3) is 0.273. The minimum absolute atomic E-state index is 0.0659. The number of nitrogens with zero attached hydrogens (tertiary/aromatic N) is 1. The second kappa shape index (κ2) is 4.01. The number of benzene rings is 1. The number of aromatic amines is 1. The van der Waals surface area contributed by atoms with Gasteiger partial charge in [0.2, 0.25) is 0 Å². The van der Waals surface area contributed by atoms with Crippen molar-refractivity contribution in [1.82, 2.24) is 10.2 Å². The van der Waals surface area contributed by atoms with Crippen molar-refractivity contribution < 1.29 is 23.1 Å². The molecule has 1 atom stereocenters. The average Bonchev–Trinajstić information content (AvgIpc) is 2.69. The van der Waals surface area contributed by atoms with Gasteiger partial charge in [0.25, 0.3) is 0 Å². The minimum Gasteiger partial charge on any atom is -0.481 e. The number of fused-ring (bicyclic) bond motifs is 1. The van der Waals surface area contributed by atoms with Gasteiger partial charge in [-0.15, -0.1) is 0 Å².